The molecule has 1 aromatic heterocycles. The van der Waals surface area contributed by atoms with Gasteiger partial charge in [-0.3, -0.25) is 14.4 Å². The van der Waals surface area contributed by atoms with E-state index in [0.29, 0.717) is 26.2 Å². The van der Waals surface area contributed by atoms with Gasteiger partial charge >= 0.3 is 4.87 Å². The summed E-state index contributed by atoms with van der Waals surface area (Å²) >= 11 is 8.20. The van der Waals surface area contributed by atoms with E-state index in [1.807, 2.05) is 0 Å². The van der Waals surface area contributed by atoms with Gasteiger partial charge < -0.3 is 14.8 Å². The van der Waals surface area contributed by atoms with Gasteiger partial charge in [0.05, 0.1) is 23.7 Å². The van der Waals surface area contributed by atoms with Crippen molar-refractivity contribution >= 4 is 52.2 Å². The van der Waals surface area contributed by atoms with Gasteiger partial charge in [0.2, 0.25) is 11.8 Å². The third-order valence-electron chi connectivity index (χ3n) is 5.47. The first-order valence-electron chi connectivity index (χ1n) is 9.29. The lowest BCUT2D eigenvalue weighted by Crippen LogP contribution is -2.32. The molecule has 2 aromatic carbocycles. The number of amides is 2. The number of nitrogens with zero attached hydrogens (tertiary/aromatic N) is 1. The van der Waals surface area contributed by atoms with Crippen molar-refractivity contribution in [1.82, 2.24) is 4.98 Å². The Hall–Kier alpha value is -2.75. The van der Waals surface area contributed by atoms with Crippen molar-refractivity contribution in [2.45, 2.75) is 16.2 Å². The fraction of sp³-hybridized carbons (Fsp3) is 0.190. The lowest BCUT2D eigenvalue weighted by atomic mass is 9.83. The van der Waals surface area contributed by atoms with Gasteiger partial charge in [-0.25, -0.2) is 4.90 Å². The normalized spacial score (nSPS) is 22.4. The molecule has 1 saturated heterocycles. The molecule has 0 unspecified atom stereocenters. The zero-order valence-electron chi connectivity index (χ0n) is 16.0. The number of thioether (sulfide) groups is 1. The number of phenols is 1. The molecule has 0 radical (unpaired) electrons. The molecule has 3 aromatic rings. The van der Waals surface area contributed by atoms with Crippen LogP contribution < -0.4 is 14.5 Å². The van der Waals surface area contributed by atoms with Gasteiger partial charge in [-0.2, -0.15) is 0 Å². The Morgan fingerprint density at radius 3 is 2.55 bits per heavy atom. The summed E-state index contributed by atoms with van der Waals surface area (Å²) in [6.45, 7) is 0. The minimum absolute atomic E-state index is 0.0351. The number of hydrogen-bond acceptors (Lipinski definition) is 7. The van der Waals surface area contributed by atoms with Crippen LogP contribution in [0, 0.1) is 5.92 Å². The van der Waals surface area contributed by atoms with E-state index in [2.05, 4.69) is 4.98 Å². The maximum atomic E-state index is 13.6. The maximum absolute atomic E-state index is 13.6. The van der Waals surface area contributed by atoms with Crippen LogP contribution in [0.4, 0.5) is 5.69 Å². The first kappa shape index (κ1) is 20.2. The van der Waals surface area contributed by atoms with Gasteiger partial charge in [0.1, 0.15) is 5.25 Å². The van der Waals surface area contributed by atoms with E-state index in [1.165, 1.54) is 29.8 Å². The van der Waals surface area contributed by atoms with E-state index in [0.717, 1.165) is 11.3 Å². The Labute approximate surface area is 189 Å². The highest BCUT2D eigenvalue weighted by molar-refractivity contribution is 8.00. The van der Waals surface area contributed by atoms with Crippen molar-refractivity contribution in [3.63, 3.8) is 0 Å². The van der Waals surface area contributed by atoms with E-state index in [-0.39, 0.29) is 28.2 Å². The molecule has 0 bridgehead atoms. The summed E-state index contributed by atoms with van der Waals surface area (Å²) in [6, 6.07) is 11.3. The summed E-state index contributed by atoms with van der Waals surface area (Å²) in [5.41, 5.74) is 1.13. The Kier molecular flexibility index (Phi) is 4.84. The number of aromatic hydroxyl groups is 1. The van der Waals surface area contributed by atoms with Gasteiger partial charge in [-0.15, -0.1) is 0 Å². The van der Waals surface area contributed by atoms with E-state index < -0.39 is 17.1 Å². The lowest BCUT2D eigenvalue weighted by molar-refractivity contribution is -0.122. The van der Waals surface area contributed by atoms with Crippen molar-refractivity contribution in [3.05, 3.63) is 67.6 Å². The number of anilines is 1. The van der Waals surface area contributed by atoms with Gasteiger partial charge in [0, 0.05) is 15.8 Å². The Morgan fingerprint density at radius 2 is 1.84 bits per heavy atom. The molecule has 1 fully saturated rings. The number of thiazole rings is 1. The second-order valence-electron chi connectivity index (χ2n) is 7.17. The first-order valence-corrected chi connectivity index (χ1v) is 11.4. The van der Waals surface area contributed by atoms with Gasteiger partial charge in [0.15, 0.2) is 11.5 Å². The van der Waals surface area contributed by atoms with Crippen LogP contribution in [0.15, 0.2) is 52.3 Å². The number of H-pyrrole nitrogens is 1. The number of carbonyl (C=O) groups excluding carboxylic acids is 2. The molecule has 2 aliphatic rings. The number of imide groups is 1. The van der Waals surface area contributed by atoms with Crippen LogP contribution in [0.5, 0.6) is 11.5 Å². The largest absolute Gasteiger partial charge is 0.504 e. The minimum Gasteiger partial charge on any atom is -0.504 e. The molecule has 31 heavy (non-hydrogen) atoms. The zero-order valence-corrected chi connectivity index (χ0v) is 18.4. The summed E-state index contributed by atoms with van der Waals surface area (Å²) in [7, 11) is 1.44. The van der Waals surface area contributed by atoms with Crippen LogP contribution >= 0.6 is 34.7 Å². The van der Waals surface area contributed by atoms with E-state index >= 15 is 0 Å². The second-order valence-corrected chi connectivity index (χ2v) is 9.77. The number of carbonyl (C=O) groups is 2. The molecule has 0 aliphatic carbocycles. The summed E-state index contributed by atoms with van der Waals surface area (Å²) in [5.74, 6) is -1.70. The number of phenolic OH excluding ortho intramolecular Hbond substituents is 1. The molecular formula is C21H15ClN2O5S2. The quantitative estimate of drug-likeness (QED) is 0.563. The molecule has 10 heteroatoms. The monoisotopic (exact) mass is 474 g/mol. The number of ether oxygens (including phenoxy) is 1. The van der Waals surface area contributed by atoms with Gasteiger partial charge in [0.25, 0.3) is 0 Å². The number of halogens is 1. The highest BCUT2D eigenvalue weighted by Gasteiger charge is 2.56. The van der Waals surface area contributed by atoms with Crippen molar-refractivity contribution in [2.24, 2.45) is 5.92 Å². The fourth-order valence-electron chi connectivity index (χ4n) is 4.11. The number of aromatic amines is 1. The minimum atomic E-state index is -0.707. The van der Waals surface area contributed by atoms with E-state index in [1.54, 1.807) is 36.4 Å². The maximum Gasteiger partial charge on any atom is 0.305 e. The summed E-state index contributed by atoms with van der Waals surface area (Å²) < 4.78 is 5.23. The van der Waals surface area contributed by atoms with Gasteiger partial charge in [-0.05, 0) is 42.0 Å². The second kappa shape index (κ2) is 7.44. The number of hydrogen-bond donors (Lipinski definition) is 2. The summed E-state index contributed by atoms with van der Waals surface area (Å²) in [5, 5.41) is 10.4. The number of benzene rings is 2. The molecule has 2 amide bonds. The molecule has 3 atom stereocenters. The zero-order chi connectivity index (χ0) is 21.9. The first-order chi connectivity index (χ1) is 14.9. The highest BCUT2D eigenvalue weighted by atomic mass is 35.5. The molecule has 158 valence electrons. The number of nitrogens with one attached hydrogen (secondary N) is 1. The van der Waals surface area contributed by atoms with Crippen molar-refractivity contribution < 1.29 is 19.4 Å². The Balaban J connectivity index is 1.66. The van der Waals surface area contributed by atoms with Crippen LogP contribution in [0.1, 0.15) is 16.4 Å². The SMILES string of the molecule is COc1cc([C@@H]2c3sc(=O)[nH]c3S[C@H]3C(=O)N(c4ccc(Cl)cc4)C(=O)[C@@H]23)ccc1O. The standard InChI is InChI=1S/C21H15ClN2O5S2/c1-29-13-8-9(2-7-12(13)25)14-15-17(30-18-16(14)31-21(28)23-18)20(27)24(19(15)26)11-5-3-10(22)4-6-11/h2-8,14-15,17,25H,1H3,(H,23,28)/t14-,15-,17+/m0/s1. The predicted molar refractivity (Wildman–Crippen MR) is 119 cm³/mol. The molecule has 2 aliphatic heterocycles. The van der Waals surface area contributed by atoms with E-state index in [4.69, 9.17) is 16.3 Å². The number of aromatic nitrogens is 1. The molecule has 5 rings (SSSR count). The molecular weight excluding hydrogens is 460 g/mol. The van der Waals surface area contributed by atoms with Crippen molar-refractivity contribution in [1.29, 1.82) is 0 Å². The topological polar surface area (TPSA) is 99.7 Å². The van der Waals surface area contributed by atoms with E-state index in [9.17, 15) is 19.5 Å². The average molecular weight is 475 g/mol. The van der Waals surface area contributed by atoms with Crippen molar-refractivity contribution in [2.75, 3.05) is 12.0 Å². The third kappa shape index (κ3) is 3.15. The van der Waals surface area contributed by atoms with Gasteiger partial charge in [-0.1, -0.05) is 40.8 Å². The molecule has 3 heterocycles. The predicted octanol–water partition coefficient (Wildman–Crippen LogP) is 3.60. The van der Waals surface area contributed by atoms with Crippen LogP contribution in [0.25, 0.3) is 0 Å². The number of methoxy groups -OCH3 is 1. The molecule has 7 nitrogen and oxygen atoms in total. The summed E-state index contributed by atoms with van der Waals surface area (Å²) in [4.78, 5) is 43.4. The average Bonchev–Trinajstić information content (AvgIpc) is 3.24. The Morgan fingerprint density at radius 1 is 1.10 bits per heavy atom. The fourth-order valence-corrected chi connectivity index (χ4v) is 6.75. The molecule has 2 N–H and O–H groups in total. The molecule has 0 saturated carbocycles. The third-order valence-corrected chi connectivity index (χ3v) is 8.12. The smallest absolute Gasteiger partial charge is 0.305 e. The number of rotatable bonds is 3. The summed E-state index contributed by atoms with van der Waals surface area (Å²) in [6.07, 6.45) is 0. The number of fused-ring (bicyclic) bond motifs is 2. The molecule has 0 spiro atoms. The van der Waals surface area contributed by atoms with Crippen LogP contribution in [-0.2, 0) is 9.59 Å². The van der Waals surface area contributed by atoms with Crippen LogP contribution in [0.2, 0.25) is 5.02 Å². The van der Waals surface area contributed by atoms with Crippen LogP contribution in [0.3, 0.4) is 0 Å². The van der Waals surface area contributed by atoms with Crippen molar-refractivity contribution in [3.8, 4) is 11.5 Å². The lowest BCUT2D eigenvalue weighted by Gasteiger charge is -2.30. The Bertz CT molecular complexity index is 1270. The van der Waals surface area contributed by atoms with Crippen LogP contribution in [-0.4, -0.2) is 34.3 Å². The highest BCUT2D eigenvalue weighted by Crippen LogP contribution is 2.53.